The fourth-order valence-electron chi connectivity index (χ4n) is 2.80. The molecule has 1 aromatic carbocycles. The van der Waals surface area contributed by atoms with Crippen molar-refractivity contribution in [2.75, 3.05) is 13.1 Å². The lowest BCUT2D eigenvalue weighted by Crippen LogP contribution is -2.34. The smallest absolute Gasteiger partial charge is 0.311 e. The lowest BCUT2D eigenvalue weighted by Gasteiger charge is -2.20. The molecule has 1 fully saturated rings. The van der Waals surface area contributed by atoms with Gasteiger partial charge in [-0.2, -0.15) is 0 Å². The Bertz CT molecular complexity index is 771. The molecule has 2 aromatic rings. The summed E-state index contributed by atoms with van der Waals surface area (Å²) in [6, 6.07) is 7.36. The highest BCUT2D eigenvalue weighted by molar-refractivity contribution is 7.09. The Morgan fingerprint density at radius 1 is 1.39 bits per heavy atom. The number of amides is 1. The first-order valence-electron chi connectivity index (χ1n) is 7.44. The van der Waals surface area contributed by atoms with Gasteiger partial charge >= 0.3 is 5.97 Å². The summed E-state index contributed by atoms with van der Waals surface area (Å²) >= 11 is 1.57. The molecule has 1 amide bonds. The number of carboxylic acid groups (broad SMARTS) is 1. The maximum Gasteiger partial charge on any atom is 0.311 e. The van der Waals surface area contributed by atoms with Crippen LogP contribution in [0.5, 0.6) is 0 Å². The lowest BCUT2D eigenvalue weighted by molar-refractivity contribution is -0.147. The normalized spacial score (nSPS) is 20.7. The summed E-state index contributed by atoms with van der Waals surface area (Å²) in [6.07, 6.45) is 0.485. The molecule has 0 unspecified atom stereocenters. The first kappa shape index (κ1) is 15.7. The van der Waals surface area contributed by atoms with Crippen LogP contribution in [0.25, 0.3) is 11.3 Å². The average Bonchev–Trinajstić information content (AvgIpc) is 3.14. The number of likely N-dealkylation sites (tertiary alicyclic amines) is 1. The van der Waals surface area contributed by atoms with E-state index in [2.05, 4.69) is 4.98 Å². The molecule has 1 N–H and O–H groups in total. The Morgan fingerprint density at radius 2 is 2.17 bits per heavy atom. The number of hydrogen-bond donors (Lipinski definition) is 1. The summed E-state index contributed by atoms with van der Waals surface area (Å²) in [6.45, 7) is 4.36. The third-order valence-corrected chi connectivity index (χ3v) is 5.07. The van der Waals surface area contributed by atoms with E-state index in [-0.39, 0.29) is 12.5 Å². The maximum absolute atomic E-state index is 12.7. The predicted molar refractivity (Wildman–Crippen MR) is 88.6 cm³/mol. The van der Waals surface area contributed by atoms with Gasteiger partial charge in [0.05, 0.1) is 16.1 Å². The lowest BCUT2D eigenvalue weighted by atomic mass is 9.90. The molecule has 2 heterocycles. The molecule has 23 heavy (non-hydrogen) atoms. The first-order valence-corrected chi connectivity index (χ1v) is 8.32. The van der Waals surface area contributed by atoms with Gasteiger partial charge < -0.3 is 10.0 Å². The zero-order valence-electron chi connectivity index (χ0n) is 13.1. The van der Waals surface area contributed by atoms with Gasteiger partial charge in [-0.1, -0.05) is 12.1 Å². The zero-order valence-corrected chi connectivity index (χ0v) is 13.9. The van der Waals surface area contributed by atoms with Crippen molar-refractivity contribution in [2.24, 2.45) is 5.41 Å². The monoisotopic (exact) mass is 330 g/mol. The van der Waals surface area contributed by atoms with Gasteiger partial charge in [0, 0.05) is 29.6 Å². The molecule has 5 nitrogen and oxygen atoms in total. The largest absolute Gasteiger partial charge is 0.481 e. The van der Waals surface area contributed by atoms with Crippen molar-refractivity contribution >= 4 is 23.2 Å². The molecular formula is C17H18N2O3S. The fourth-order valence-corrected chi connectivity index (χ4v) is 3.42. The Labute approximate surface area is 138 Å². The third kappa shape index (κ3) is 2.99. The Balaban J connectivity index is 1.82. The van der Waals surface area contributed by atoms with Crippen LogP contribution in [0.3, 0.4) is 0 Å². The molecule has 0 aliphatic carbocycles. The maximum atomic E-state index is 12.7. The van der Waals surface area contributed by atoms with E-state index in [0.717, 1.165) is 16.3 Å². The van der Waals surface area contributed by atoms with Crippen molar-refractivity contribution in [2.45, 2.75) is 20.3 Å². The number of aryl methyl sites for hydroxylation is 1. The molecule has 0 radical (unpaired) electrons. The van der Waals surface area contributed by atoms with E-state index in [1.807, 2.05) is 30.5 Å². The molecule has 1 saturated heterocycles. The molecule has 1 aliphatic heterocycles. The number of aliphatic carboxylic acids is 1. The van der Waals surface area contributed by atoms with Crippen LogP contribution in [0.1, 0.15) is 28.7 Å². The van der Waals surface area contributed by atoms with E-state index < -0.39 is 11.4 Å². The minimum atomic E-state index is -0.848. The highest BCUT2D eigenvalue weighted by Gasteiger charge is 2.42. The van der Waals surface area contributed by atoms with Crippen LogP contribution >= 0.6 is 11.3 Å². The number of thiazole rings is 1. The van der Waals surface area contributed by atoms with E-state index in [4.69, 9.17) is 0 Å². The second-order valence-corrected chi connectivity index (χ2v) is 7.24. The van der Waals surface area contributed by atoms with Crippen molar-refractivity contribution in [1.29, 1.82) is 0 Å². The van der Waals surface area contributed by atoms with Crippen molar-refractivity contribution in [3.05, 3.63) is 40.2 Å². The van der Waals surface area contributed by atoms with Crippen molar-refractivity contribution < 1.29 is 14.7 Å². The van der Waals surface area contributed by atoms with E-state index in [0.29, 0.717) is 18.5 Å². The Kier molecular flexibility index (Phi) is 3.93. The molecule has 1 aromatic heterocycles. The van der Waals surface area contributed by atoms with Gasteiger partial charge in [0.1, 0.15) is 0 Å². The quantitative estimate of drug-likeness (QED) is 0.939. The highest BCUT2D eigenvalue weighted by atomic mass is 32.1. The second kappa shape index (κ2) is 5.77. The second-order valence-electron chi connectivity index (χ2n) is 6.18. The summed E-state index contributed by atoms with van der Waals surface area (Å²) in [5.74, 6) is -0.969. The highest BCUT2D eigenvalue weighted by Crippen LogP contribution is 2.31. The first-order chi connectivity index (χ1) is 10.9. The number of nitrogens with zero attached hydrogens (tertiary/aromatic N) is 2. The van der Waals surface area contributed by atoms with Crippen LogP contribution in [0.15, 0.2) is 29.6 Å². The van der Waals surface area contributed by atoms with Gasteiger partial charge in [-0.25, -0.2) is 4.98 Å². The van der Waals surface area contributed by atoms with Gasteiger partial charge in [0.15, 0.2) is 0 Å². The Hall–Kier alpha value is -2.21. The number of rotatable bonds is 3. The minimum Gasteiger partial charge on any atom is -0.481 e. The van der Waals surface area contributed by atoms with E-state index in [1.165, 1.54) is 0 Å². The molecule has 1 atom stereocenters. The molecule has 3 rings (SSSR count). The van der Waals surface area contributed by atoms with Crippen LogP contribution in [0.4, 0.5) is 0 Å². The van der Waals surface area contributed by atoms with Gasteiger partial charge in [-0.3, -0.25) is 9.59 Å². The van der Waals surface area contributed by atoms with Crippen LogP contribution < -0.4 is 0 Å². The molecule has 6 heteroatoms. The molecule has 0 saturated carbocycles. The van der Waals surface area contributed by atoms with E-state index >= 15 is 0 Å². The number of carboxylic acids is 1. The molecule has 0 bridgehead atoms. The van der Waals surface area contributed by atoms with Crippen molar-refractivity contribution in [3.63, 3.8) is 0 Å². The van der Waals surface area contributed by atoms with Gasteiger partial charge in [0.25, 0.3) is 5.91 Å². The van der Waals surface area contributed by atoms with E-state index in [9.17, 15) is 14.7 Å². The average molecular weight is 330 g/mol. The summed E-state index contributed by atoms with van der Waals surface area (Å²) < 4.78 is 0. The molecule has 120 valence electrons. The predicted octanol–water partition coefficient (Wildman–Crippen LogP) is 3.06. The third-order valence-electron chi connectivity index (χ3n) is 4.30. The number of aromatic nitrogens is 1. The summed E-state index contributed by atoms with van der Waals surface area (Å²) in [4.78, 5) is 30.1. The number of hydrogen-bond acceptors (Lipinski definition) is 4. The number of benzene rings is 1. The SMILES string of the molecule is Cc1nc(-c2cccc(C(=O)N3CC[C@](C)(C(=O)O)C3)c2)cs1. The number of carbonyl (C=O) groups excluding carboxylic acids is 1. The number of carbonyl (C=O) groups is 2. The molecular weight excluding hydrogens is 312 g/mol. The van der Waals surface area contributed by atoms with Gasteiger partial charge in [-0.15, -0.1) is 11.3 Å². The van der Waals surface area contributed by atoms with Crippen LogP contribution in [0, 0.1) is 12.3 Å². The van der Waals surface area contributed by atoms with Gasteiger partial charge in [0.2, 0.25) is 0 Å². The van der Waals surface area contributed by atoms with Crippen LogP contribution in [-0.2, 0) is 4.79 Å². The summed E-state index contributed by atoms with van der Waals surface area (Å²) in [5, 5.41) is 12.2. The van der Waals surface area contributed by atoms with Crippen LogP contribution in [0.2, 0.25) is 0 Å². The molecule has 0 spiro atoms. The summed E-state index contributed by atoms with van der Waals surface area (Å²) in [5.41, 5.74) is 1.49. The van der Waals surface area contributed by atoms with Crippen LogP contribution in [-0.4, -0.2) is 40.0 Å². The van der Waals surface area contributed by atoms with E-state index in [1.54, 1.807) is 29.2 Å². The fraction of sp³-hybridized carbons (Fsp3) is 0.353. The Morgan fingerprint density at radius 3 is 2.78 bits per heavy atom. The topological polar surface area (TPSA) is 70.5 Å². The van der Waals surface area contributed by atoms with Gasteiger partial charge in [-0.05, 0) is 32.4 Å². The minimum absolute atomic E-state index is 0.122. The molecule has 1 aliphatic rings. The van der Waals surface area contributed by atoms with Crippen molar-refractivity contribution in [1.82, 2.24) is 9.88 Å². The standard InChI is InChI=1S/C17H18N2O3S/c1-11-18-14(9-23-11)12-4-3-5-13(8-12)15(20)19-7-6-17(2,10-19)16(21)22/h3-5,8-9H,6-7,10H2,1-2H3,(H,21,22)/t17-/m0/s1. The summed E-state index contributed by atoms with van der Waals surface area (Å²) in [7, 11) is 0. The van der Waals surface area contributed by atoms with Crippen molar-refractivity contribution in [3.8, 4) is 11.3 Å². The zero-order chi connectivity index (χ0) is 16.6.